The number of amides is 1. The number of anilines is 1. The number of nitrogens with zero attached hydrogens (tertiary/aromatic N) is 3. The summed E-state index contributed by atoms with van der Waals surface area (Å²) in [6.45, 7) is 11.8. The highest BCUT2D eigenvalue weighted by molar-refractivity contribution is 7.22. The van der Waals surface area contributed by atoms with Crippen LogP contribution in [0.4, 0.5) is 5.13 Å². The zero-order valence-corrected chi connectivity index (χ0v) is 19.9. The maximum absolute atomic E-state index is 13.5. The van der Waals surface area contributed by atoms with Gasteiger partial charge < -0.3 is 9.47 Å². The van der Waals surface area contributed by atoms with Crippen molar-refractivity contribution in [3.05, 3.63) is 53.1 Å². The first kappa shape index (κ1) is 22.7. The first-order chi connectivity index (χ1) is 15.5. The first-order valence-corrected chi connectivity index (χ1v) is 12.1. The average Bonchev–Trinajstić information content (AvgIpc) is 3.22. The molecule has 1 aliphatic heterocycles. The van der Waals surface area contributed by atoms with Gasteiger partial charge in [-0.15, -0.1) is 0 Å². The Balaban J connectivity index is 1.58. The molecule has 1 fully saturated rings. The summed E-state index contributed by atoms with van der Waals surface area (Å²) in [5.41, 5.74) is 3.99. The van der Waals surface area contributed by atoms with E-state index in [4.69, 9.17) is 14.5 Å². The molecule has 6 nitrogen and oxygen atoms in total. The standard InChI is InChI=1S/C25H31N3O3S/c1-4-31-21-8-6-20(7-9-21)24(29)28(11-5-10-27-12-14-30-15-13-27)25-26-22-17-18(2)16-19(3)23(22)32-25/h6-9,16-17H,4-5,10-15H2,1-3H3. The number of ether oxygens (including phenoxy) is 2. The van der Waals surface area contributed by atoms with Crippen molar-refractivity contribution in [3.8, 4) is 5.75 Å². The third kappa shape index (κ3) is 5.28. The van der Waals surface area contributed by atoms with Crippen molar-refractivity contribution in [3.63, 3.8) is 0 Å². The Morgan fingerprint density at radius 2 is 1.94 bits per heavy atom. The van der Waals surface area contributed by atoms with Crippen molar-refractivity contribution in [2.75, 3.05) is 50.9 Å². The van der Waals surface area contributed by atoms with E-state index in [9.17, 15) is 4.79 Å². The van der Waals surface area contributed by atoms with E-state index in [0.717, 1.165) is 60.4 Å². The number of carbonyl (C=O) groups is 1. The molecule has 4 rings (SSSR count). The number of thiazole rings is 1. The Hall–Kier alpha value is -2.48. The zero-order chi connectivity index (χ0) is 22.5. The van der Waals surface area contributed by atoms with Crippen LogP contribution in [0.15, 0.2) is 36.4 Å². The molecular weight excluding hydrogens is 422 g/mol. The Morgan fingerprint density at radius 1 is 1.19 bits per heavy atom. The number of aryl methyl sites for hydroxylation is 2. The predicted octanol–water partition coefficient (Wildman–Crippen LogP) is 4.68. The predicted molar refractivity (Wildman–Crippen MR) is 130 cm³/mol. The maximum Gasteiger partial charge on any atom is 0.260 e. The van der Waals surface area contributed by atoms with Gasteiger partial charge in [0.2, 0.25) is 0 Å². The molecule has 1 aliphatic rings. The molecular formula is C25H31N3O3S. The van der Waals surface area contributed by atoms with Gasteiger partial charge in [-0.2, -0.15) is 0 Å². The molecule has 0 radical (unpaired) electrons. The third-order valence-electron chi connectivity index (χ3n) is 5.66. The van der Waals surface area contributed by atoms with E-state index in [1.54, 1.807) is 11.3 Å². The number of hydrogen-bond acceptors (Lipinski definition) is 6. The lowest BCUT2D eigenvalue weighted by atomic mass is 10.1. The van der Waals surface area contributed by atoms with E-state index < -0.39 is 0 Å². The van der Waals surface area contributed by atoms with Crippen LogP contribution in [0, 0.1) is 13.8 Å². The molecule has 7 heteroatoms. The summed E-state index contributed by atoms with van der Waals surface area (Å²) in [7, 11) is 0. The largest absolute Gasteiger partial charge is 0.494 e. The van der Waals surface area contributed by atoms with Crippen LogP contribution < -0.4 is 9.64 Å². The number of morpholine rings is 1. The van der Waals surface area contributed by atoms with E-state index in [1.165, 1.54) is 11.1 Å². The number of rotatable bonds is 8. The number of aromatic nitrogens is 1. The summed E-state index contributed by atoms with van der Waals surface area (Å²) in [5.74, 6) is 0.748. The van der Waals surface area contributed by atoms with Gasteiger partial charge in [-0.05, 0) is 68.7 Å². The van der Waals surface area contributed by atoms with Gasteiger partial charge in [0.05, 0.1) is 30.0 Å². The Kier molecular flexibility index (Phi) is 7.40. The van der Waals surface area contributed by atoms with E-state index in [0.29, 0.717) is 18.7 Å². The number of hydrogen-bond donors (Lipinski definition) is 0. The van der Waals surface area contributed by atoms with Crippen LogP contribution in [0.2, 0.25) is 0 Å². The fraction of sp³-hybridized carbons (Fsp3) is 0.440. The van der Waals surface area contributed by atoms with Gasteiger partial charge >= 0.3 is 0 Å². The highest BCUT2D eigenvalue weighted by Gasteiger charge is 2.22. The fourth-order valence-corrected chi connectivity index (χ4v) is 5.10. The van der Waals surface area contributed by atoms with Crippen LogP contribution >= 0.6 is 11.3 Å². The minimum absolute atomic E-state index is 0.0246. The normalized spacial score (nSPS) is 14.6. The molecule has 0 aliphatic carbocycles. The van der Waals surface area contributed by atoms with E-state index >= 15 is 0 Å². The summed E-state index contributed by atoms with van der Waals surface area (Å²) < 4.78 is 12.1. The smallest absolute Gasteiger partial charge is 0.260 e. The summed E-state index contributed by atoms with van der Waals surface area (Å²) in [4.78, 5) is 22.6. The van der Waals surface area contributed by atoms with Crippen LogP contribution in [0.3, 0.4) is 0 Å². The molecule has 2 aromatic carbocycles. The van der Waals surface area contributed by atoms with Crippen LogP contribution in [0.1, 0.15) is 34.8 Å². The molecule has 2 heterocycles. The van der Waals surface area contributed by atoms with Crippen LogP contribution in [-0.2, 0) is 4.74 Å². The lowest BCUT2D eigenvalue weighted by Gasteiger charge is -2.27. The Morgan fingerprint density at radius 3 is 2.66 bits per heavy atom. The fourth-order valence-electron chi connectivity index (χ4n) is 4.06. The number of fused-ring (bicyclic) bond motifs is 1. The summed E-state index contributed by atoms with van der Waals surface area (Å²) >= 11 is 1.60. The van der Waals surface area contributed by atoms with Gasteiger partial charge in [-0.1, -0.05) is 17.4 Å². The average molecular weight is 454 g/mol. The second kappa shape index (κ2) is 10.4. The summed E-state index contributed by atoms with van der Waals surface area (Å²) in [5, 5.41) is 0.759. The van der Waals surface area contributed by atoms with Gasteiger partial charge in [0, 0.05) is 31.7 Å². The van der Waals surface area contributed by atoms with Crippen molar-refractivity contribution < 1.29 is 14.3 Å². The topological polar surface area (TPSA) is 54.9 Å². The molecule has 170 valence electrons. The van der Waals surface area contributed by atoms with Gasteiger partial charge in [0.15, 0.2) is 5.13 Å². The molecule has 0 atom stereocenters. The van der Waals surface area contributed by atoms with E-state index in [1.807, 2.05) is 36.1 Å². The van der Waals surface area contributed by atoms with Gasteiger partial charge in [-0.3, -0.25) is 14.6 Å². The molecule has 0 N–H and O–H groups in total. The second-order valence-corrected chi connectivity index (χ2v) is 9.13. The second-order valence-electron chi connectivity index (χ2n) is 8.15. The van der Waals surface area contributed by atoms with Crippen molar-refractivity contribution in [2.45, 2.75) is 27.2 Å². The molecule has 0 bridgehead atoms. The lowest BCUT2D eigenvalue weighted by Crippen LogP contribution is -2.39. The van der Waals surface area contributed by atoms with E-state index in [-0.39, 0.29) is 5.91 Å². The highest BCUT2D eigenvalue weighted by atomic mass is 32.1. The van der Waals surface area contributed by atoms with Crippen LogP contribution in [0.5, 0.6) is 5.75 Å². The summed E-state index contributed by atoms with van der Waals surface area (Å²) in [6, 6.07) is 11.6. The van der Waals surface area contributed by atoms with Gasteiger partial charge in [0.25, 0.3) is 5.91 Å². The third-order valence-corrected chi connectivity index (χ3v) is 6.89. The quantitative estimate of drug-likeness (QED) is 0.496. The number of carbonyl (C=O) groups excluding carboxylic acids is 1. The highest BCUT2D eigenvalue weighted by Crippen LogP contribution is 2.33. The number of benzene rings is 2. The van der Waals surface area contributed by atoms with Gasteiger partial charge in [0.1, 0.15) is 5.75 Å². The first-order valence-electron chi connectivity index (χ1n) is 11.3. The molecule has 32 heavy (non-hydrogen) atoms. The maximum atomic E-state index is 13.5. The summed E-state index contributed by atoms with van der Waals surface area (Å²) in [6.07, 6.45) is 0.886. The minimum atomic E-state index is -0.0246. The lowest BCUT2D eigenvalue weighted by molar-refractivity contribution is 0.0376. The van der Waals surface area contributed by atoms with Crippen molar-refractivity contribution in [2.24, 2.45) is 0 Å². The molecule has 1 aromatic heterocycles. The SMILES string of the molecule is CCOc1ccc(C(=O)N(CCCN2CCOCC2)c2nc3cc(C)cc(C)c3s2)cc1. The van der Waals surface area contributed by atoms with Crippen molar-refractivity contribution in [1.82, 2.24) is 9.88 Å². The molecule has 1 amide bonds. The van der Waals surface area contributed by atoms with Crippen molar-refractivity contribution >= 4 is 32.6 Å². The Bertz CT molecular complexity index is 1060. The zero-order valence-electron chi connectivity index (χ0n) is 19.1. The van der Waals surface area contributed by atoms with E-state index in [2.05, 4.69) is 30.9 Å². The monoisotopic (exact) mass is 453 g/mol. The molecule has 1 saturated heterocycles. The van der Waals surface area contributed by atoms with Gasteiger partial charge in [-0.25, -0.2) is 4.98 Å². The molecule has 0 saturated carbocycles. The van der Waals surface area contributed by atoms with Crippen molar-refractivity contribution in [1.29, 1.82) is 0 Å². The Labute approximate surface area is 193 Å². The van der Waals surface area contributed by atoms with Crippen LogP contribution in [0.25, 0.3) is 10.2 Å². The molecule has 3 aromatic rings. The molecule has 0 spiro atoms. The molecule has 0 unspecified atom stereocenters. The van der Waals surface area contributed by atoms with Crippen LogP contribution in [-0.4, -0.2) is 61.8 Å². The minimum Gasteiger partial charge on any atom is -0.494 e.